The van der Waals surface area contributed by atoms with E-state index >= 15 is 0 Å². The van der Waals surface area contributed by atoms with Gasteiger partial charge in [-0.15, -0.1) is 11.8 Å². The number of imide groups is 1. The number of unbranched alkanes of at least 4 members (excludes halogenated alkanes) is 1. The van der Waals surface area contributed by atoms with E-state index in [1.807, 2.05) is 41.5 Å². The fourth-order valence-corrected chi connectivity index (χ4v) is 7.14. The van der Waals surface area contributed by atoms with Crippen molar-refractivity contribution in [2.24, 2.45) is 34.5 Å². The Morgan fingerprint density at radius 1 is 0.800 bits per heavy atom. The number of hydrogen-bond donors (Lipinski definition) is 1. The summed E-state index contributed by atoms with van der Waals surface area (Å²) < 4.78 is 0. The summed E-state index contributed by atoms with van der Waals surface area (Å²) in [5, 5.41) is 2.40. The van der Waals surface area contributed by atoms with Gasteiger partial charge < -0.3 is 5.32 Å². The molecule has 45 heavy (non-hydrogen) atoms. The second-order valence-electron chi connectivity index (χ2n) is 15.8. The molecule has 0 saturated carbocycles. The number of likely N-dealkylation sites (tertiary alicyclic amines) is 1. The quantitative estimate of drug-likeness (QED) is 0.107. The average Bonchev–Trinajstić information content (AvgIpc) is 3.18. The monoisotopic (exact) mass is 650 g/mol. The van der Waals surface area contributed by atoms with Crippen LogP contribution in [0.2, 0.25) is 0 Å². The van der Waals surface area contributed by atoms with Crippen LogP contribution in [0.5, 0.6) is 0 Å². The number of nitrogens with zero attached hydrogens (tertiary/aromatic N) is 1. The van der Waals surface area contributed by atoms with Crippen LogP contribution < -0.4 is 5.32 Å². The molecule has 3 atom stereocenters. The van der Waals surface area contributed by atoms with Crippen molar-refractivity contribution >= 4 is 46.8 Å². The molecule has 0 aromatic carbocycles. The third-order valence-corrected chi connectivity index (χ3v) is 9.57. The molecule has 3 amide bonds. The molecule has 0 aromatic rings. The fraction of sp³-hybridized carbons (Fsp3) is 0.833. The topological polar surface area (TPSA) is 118 Å². The molecule has 1 aliphatic rings. The number of carbonyl (C=O) groups is 6. The number of hydrogen-bond acceptors (Lipinski definition) is 7. The first-order valence-corrected chi connectivity index (χ1v) is 18.1. The summed E-state index contributed by atoms with van der Waals surface area (Å²) in [5.41, 5.74) is -0.814. The van der Waals surface area contributed by atoms with E-state index in [9.17, 15) is 28.8 Å². The zero-order chi connectivity index (χ0) is 34.5. The number of amides is 3. The van der Waals surface area contributed by atoms with Crippen molar-refractivity contribution in [1.29, 1.82) is 0 Å². The minimum Gasteiger partial charge on any atom is -0.356 e. The van der Waals surface area contributed by atoms with Gasteiger partial charge in [0.2, 0.25) is 17.7 Å². The Kier molecular flexibility index (Phi) is 17.3. The Balaban J connectivity index is 2.38. The van der Waals surface area contributed by atoms with E-state index in [0.717, 1.165) is 32.1 Å². The minimum absolute atomic E-state index is 0.0497. The summed E-state index contributed by atoms with van der Waals surface area (Å²) in [6, 6.07) is 0. The molecule has 0 spiro atoms. The van der Waals surface area contributed by atoms with Gasteiger partial charge in [0.1, 0.15) is 17.3 Å². The summed E-state index contributed by atoms with van der Waals surface area (Å²) >= 11 is 1.38. The van der Waals surface area contributed by atoms with Crippen molar-refractivity contribution in [3.05, 3.63) is 0 Å². The molecule has 1 N–H and O–H groups in total. The summed E-state index contributed by atoms with van der Waals surface area (Å²) in [5.74, 6) is 0.948. The van der Waals surface area contributed by atoms with Gasteiger partial charge in [-0.2, -0.15) is 0 Å². The molecule has 8 nitrogen and oxygen atoms in total. The van der Waals surface area contributed by atoms with Crippen molar-refractivity contribution in [2.75, 3.05) is 18.8 Å². The van der Waals surface area contributed by atoms with Crippen LogP contribution in [-0.4, -0.2) is 64.1 Å². The van der Waals surface area contributed by atoms with E-state index < -0.39 is 10.7 Å². The highest BCUT2D eigenvalue weighted by Gasteiger charge is 2.40. The van der Waals surface area contributed by atoms with E-state index in [1.165, 1.54) is 16.7 Å². The van der Waals surface area contributed by atoms with Crippen molar-refractivity contribution in [2.45, 2.75) is 139 Å². The number of rotatable bonds is 21. The van der Waals surface area contributed by atoms with E-state index in [-0.39, 0.29) is 78.8 Å². The predicted molar refractivity (Wildman–Crippen MR) is 183 cm³/mol. The number of nitrogens with one attached hydrogen (secondary N) is 1. The third kappa shape index (κ3) is 15.4. The molecule has 0 aromatic heterocycles. The van der Waals surface area contributed by atoms with Crippen molar-refractivity contribution in [1.82, 2.24) is 10.2 Å². The summed E-state index contributed by atoms with van der Waals surface area (Å²) in [4.78, 5) is 77.2. The highest BCUT2D eigenvalue weighted by Crippen LogP contribution is 2.32. The van der Waals surface area contributed by atoms with Crippen molar-refractivity contribution in [3.8, 4) is 0 Å². The molecule has 0 aliphatic carbocycles. The summed E-state index contributed by atoms with van der Waals surface area (Å²) in [7, 11) is 0. The van der Waals surface area contributed by atoms with Crippen LogP contribution in [0.4, 0.5) is 0 Å². The van der Waals surface area contributed by atoms with Crippen LogP contribution in [0.15, 0.2) is 0 Å². The van der Waals surface area contributed by atoms with Gasteiger partial charge in [-0.05, 0) is 43.9 Å². The number of carbonyl (C=O) groups excluding carboxylic acids is 6. The Morgan fingerprint density at radius 2 is 1.36 bits per heavy atom. The molecule has 1 rings (SSSR count). The molecular weight excluding hydrogens is 588 g/mol. The second-order valence-corrected chi connectivity index (χ2v) is 17.0. The lowest BCUT2D eigenvalue weighted by Crippen LogP contribution is -2.34. The molecular formula is C36H62N2O6S. The first kappa shape index (κ1) is 41.0. The minimum atomic E-state index is -0.515. The lowest BCUT2D eigenvalue weighted by Gasteiger charge is -2.26. The van der Waals surface area contributed by atoms with Crippen LogP contribution in [0.3, 0.4) is 0 Å². The highest BCUT2D eigenvalue weighted by molar-refractivity contribution is 8.00. The van der Waals surface area contributed by atoms with Gasteiger partial charge in [-0.1, -0.05) is 75.7 Å². The molecule has 3 unspecified atom stereocenters. The predicted octanol–water partition coefficient (Wildman–Crippen LogP) is 6.82. The third-order valence-electron chi connectivity index (χ3n) is 8.21. The van der Waals surface area contributed by atoms with Gasteiger partial charge in [0.25, 0.3) is 0 Å². The van der Waals surface area contributed by atoms with Gasteiger partial charge in [-0.3, -0.25) is 33.7 Å². The van der Waals surface area contributed by atoms with Crippen LogP contribution in [-0.2, 0) is 28.8 Å². The van der Waals surface area contributed by atoms with E-state index in [0.29, 0.717) is 36.3 Å². The first-order valence-electron chi connectivity index (χ1n) is 17.1. The maximum Gasteiger partial charge on any atom is 0.242 e. The Labute approximate surface area is 277 Å². The molecule has 0 bridgehead atoms. The Hall–Kier alpha value is -2.03. The van der Waals surface area contributed by atoms with Gasteiger partial charge in [0, 0.05) is 67.2 Å². The first-order chi connectivity index (χ1) is 20.7. The smallest absolute Gasteiger partial charge is 0.242 e. The van der Waals surface area contributed by atoms with Gasteiger partial charge in [0.15, 0.2) is 0 Å². The Morgan fingerprint density at radius 3 is 1.91 bits per heavy atom. The van der Waals surface area contributed by atoms with E-state index in [4.69, 9.17) is 0 Å². The zero-order valence-corrected chi connectivity index (χ0v) is 30.7. The maximum atomic E-state index is 13.0. The van der Waals surface area contributed by atoms with Gasteiger partial charge >= 0.3 is 0 Å². The molecule has 1 fully saturated rings. The fourth-order valence-electron chi connectivity index (χ4n) is 5.86. The van der Waals surface area contributed by atoms with Crippen LogP contribution >= 0.6 is 11.8 Å². The van der Waals surface area contributed by atoms with E-state index in [1.54, 1.807) is 0 Å². The molecule has 1 heterocycles. The standard InChI is InChI=1S/C36H62N2O6S/c1-24(2)20-26(32(42)35(5,6)7)14-11-12-18-37-30(40)16-13-15-28(39)17-19-38-31(41)22-29(34(38)44)45-23-27(21-25(3)4)33(43)36(8,9)10/h24-27,29H,11-23H2,1-10H3,(H,37,40). The van der Waals surface area contributed by atoms with Crippen LogP contribution in [0, 0.1) is 34.5 Å². The molecule has 9 heteroatoms. The lowest BCUT2D eigenvalue weighted by molar-refractivity contribution is -0.138. The normalized spacial score (nSPS) is 17.2. The highest BCUT2D eigenvalue weighted by atomic mass is 32.2. The average molecular weight is 651 g/mol. The van der Waals surface area contributed by atoms with Gasteiger partial charge in [0.05, 0.1) is 5.25 Å². The second kappa shape index (κ2) is 19.0. The van der Waals surface area contributed by atoms with Gasteiger partial charge in [-0.25, -0.2) is 0 Å². The summed E-state index contributed by atoms with van der Waals surface area (Å²) in [6.07, 6.45) is 5.20. The lowest BCUT2D eigenvalue weighted by atomic mass is 9.77. The maximum absolute atomic E-state index is 13.0. The molecule has 1 saturated heterocycles. The van der Waals surface area contributed by atoms with E-state index in [2.05, 4.69) is 33.0 Å². The largest absolute Gasteiger partial charge is 0.356 e. The molecule has 0 radical (unpaired) electrons. The van der Waals surface area contributed by atoms with Crippen LogP contribution in [0.1, 0.15) is 133 Å². The Bertz CT molecular complexity index is 1020. The molecule has 258 valence electrons. The summed E-state index contributed by atoms with van der Waals surface area (Å²) in [6.45, 7) is 20.7. The number of thioether (sulfide) groups is 1. The zero-order valence-electron chi connectivity index (χ0n) is 29.9. The van der Waals surface area contributed by atoms with Crippen molar-refractivity contribution in [3.63, 3.8) is 0 Å². The van der Waals surface area contributed by atoms with Crippen molar-refractivity contribution < 1.29 is 28.8 Å². The SMILES string of the molecule is CC(C)CC(CCCCNC(=O)CCCC(=O)CCN1C(=O)CC(SCC(CC(C)C)C(=O)C(C)(C)C)C1=O)C(=O)C(C)(C)C. The van der Waals surface area contributed by atoms with Crippen LogP contribution in [0.25, 0.3) is 0 Å². The number of Topliss-reactive ketones (excluding diaryl/α,β-unsaturated/α-hetero) is 3. The molecule has 1 aliphatic heterocycles. The number of ketones is 3.